The smallest absolute Gasteiger partial charge is 0.311 e. The average molecular weight is 809 g/mol. The minimum Gasteiger partial charge on any atom is -0.457 e. The first-order valence-electron chi connectivity index (χ1n) is 24.3. The summed E-state index contributed by atoms with van der Waals surface area (Å²) >= 11 is 0. The van der Waals surface area contributed by atoms with Crippen molar-refractivity contribution in [3.05, 3.63) is 0 Å². The first-order chi connectivity index (χ1) is 27.1. The molecule has 8 heteroatoms. The summed E-state index contributed by atoms with van der Waals surface area (Å²) < 4.78 is 25.2. The number of hydrogen-bond donors (Lipinski definition) is 0. The number of unbranched alkanes of at least 4 members (excludes halogenated alkanes) is 18. The standard InChI is InChI=1S/C49H96N2O6/c1-12-15-17-19-21-23-25-27-29-31-35-50(11)36-33-38-51(37-32-30-28-26-24-22-20-18-16-13-2)39-34-40-54-45-44(57-47(53)49(8,9)10)43(41(4)42(14-3)55-45)56-46(52)48(5,6)7/h41-45H,12-40H2,1-11H3. The van der Waals surface area contributed by atoms with E-state index in [-0.39, 0.29) is 24.0 Å². The fraction of sp³-hybridized carbons (Fsp3) is 0.959. The molecule has 0 bridgehead atoms. The minimum absolute atomic E-state index is 0.154. The molecule has 0 saturated carbocycles. The molecule has 0 aromatic carbocycles. The normalized spacial score (nSPS) is 20.4. The molecule has 5 unspecified atom stereocenters. The molecule has 0 N–H and O–H groups in total. The molecule has 8 nitrogen and oxygen atoms in total. The van der Waals surface area contributed by atoms with E-state index in [1.165, 1.54) is 141 Å². The van der Waals surface area contributed by atoms with Crippen LogP contribution in [0.3, 0.4) is 0 Å². The molecule has 1 rings (SSSR count). The van der Waals surface area contributed by atoms with E-state index in [2.05, 4.69) is 37.6 Å². The minimum atomic E-state index is -0.838. The molecular formula is C49H96N2O6. The van der Waals surface area contributed by atoms with Crippen LogP contribution in [0.1, 0.15) is 217 Å². The summed E-state index contributed by atoms with van der Waals surface area (Å²) in [4.78, 5) is 31.6. The fourth-order valence-corrected chi connectivity index (χ4v) is 7.73. The van der Waals surface area contributed by atoms with Crippen molar-refractivity contribution in [3.63, 3.8) is 0 Å². The summed E-state index contributed by atoms with van der Waals surface area (Å²) in [5, 5.41) is 0. The highest BCUT2D eigenvalue weighted by Crippen LogP contribution is 2.35. The Kier molecular flexibility index (Phi) is 29.8. The molecule has 57 heavy (non-hydrogen) atoms. The number of carbonyl (C=O) groups excluding carboxylic acids is 2. The maximum Gasteiger partial charge on any atom is 0.311 e. The number of ether oxygens (including phenoxy) is 4. The van der Waals surface area contributed by atoms with Crippen molar-refractivity contribution >= 4 is 11.9 Å². The Bertz CT molecular complexity index is 993. The predicted octanol–water partition coefficient (Wildman–Crippen LogP) is 12.5. The SMILES string of the molecule is CCCCCCCCCCCCN(C)CCCN(CCCCCCCCCCCC)CCCOC1OC(CC)C(C)C(OC(=O)C(C)(C)C)C1OC(=O)C(C)(C)C. The van der Waals surface area contributed by atoms with Crippen LogP contribution in [0.4, 0.5) is 0 Å². The lowest BCUT2D eigenvalue weighted by Crippen LogP contribution is -2.58. The Morgan fingerprint density at radius 1 is 0.526 bits per heavy atom. The van der Waals surface area contributed by atoms with E-state index in [9.17, 15) is 9.59 Å². The van der Waals surface area contributed by atoms with Gasteiger partial charge >= 0.3 is 11.9 Å². The summed E-state index contributed by atoms with van der Waals surface area (Å²) in [6, 6.07) is 0. The summed E-state index contributed by atoms with van der Waals surface area (Å²) in [5.41, 5.74) is -1.40. The second kappa shape index (κ2) is 31.6. The maximum atomic E-state index is 13.2. The molecule has 5 atom stereocenters. The first-order valence-corrected chi connectivity index (χ1v) is 24.3. The number of carbonyl (C=O) groups is 2. The monoisotopic (exact) mass is 809 g/mol. The van der Waals surface area contributed by atoms with E-state index in [1.807, 2.05) is 48.5 Å². The highest BCUT2D eigenvalue weighted by atomic mass is 16.7. The van der Waals surface area contributed by atoms with Crippen LogP contribution >= 0.6 is 0 Å². The maximum absolute atomic E-state index is 13.2. The molecule has 0 radical (unpaired) electrons. The summed E-state index contributed by atoms with van der Waals surface area (Å²) in [7, 11) is 2.29. The topological polar surface area (TPSA) is 77.5 Å². The average Bonchev–Trinajstić information content (AvgIpc) is 3.15. The number of esters is 2. The molecular weight excluding hydrogens is 713 g/mol. The van der Waals surface area contributed by atoms with Crippen molar-refractivity contribution in [1.82, 2.24) is 9.80 Å². The highest BCUT2D eigenvalue weighted by molar-refractivity contribution is 5.76. The van der Waals surface area contributed by atoms with Gasteiger partial charge in [-0.15, -0.1) is 0 Å². The summed E-state index contributed by atoms with van der Waals surface area (Å²) in [6.45, 7) is 25.7. The van der Waals surface area contributed by atoms with Crippen molar-refractivity contribution in [2.24, 2.45) is 16.7 Å². The molecule has 338 valence electrons. The van der Waals surface area contributed by atoms with Crippen LogP contribution in [0.2, 0.25) is 0 Å². The van der Waals surface area contributed by atoms with Gasteiger partial charge in [-0.25, -0.2) is 0 Å². The van der Waals surface area contributed by atoms with Gasteiger partial charge in [0.05, 0.1) is 23.5 Å². The van der Waals surface area contributed by atoms with Crippen molar-refractivity contribution in [1.29, 1.82) is 0 Å². The van der Waals surface area contributed by atoms with Crippen molar-refractivity contribution in [2.45, 2.75) is 242 Å². The van der Waals surface area contributed by atoms with E-state index >= 15 is 0 Å². The van der Waals surface area contributed by atoms with E-state index in [0.29, 0.717) is 6.61 Å². The van der Waals surface area contributed by atoms with Gasteiger partial charge in [0, 0.05) is 12.5 Å². The van der Waals surface area contributed by atoms with Crippen LogP contribution in [0.15, 0.2) is 0 Å². The quantitative estimate of drug-likeness (QED) is 0.0470. The second-order valence-corrected chi connectivity index (χ2v) is 19.6. The Morgan fingerprint density at radius 2 is 0.912 bits per heavy atom. The van der Waals surface area contributed by atoms with Crippen LogP contribution in [-0.2, 0) is 28.5 Å². The van der Waals surface area contributed by atoms with Crippen molar-refractivity contribution < 1.29 is 28.5 Å². The molecule has 1 aliphatic rings. The van der Waals surface area contributed by atoms with Crippen LogP contribution in [-0.4, -0.2) is 92.7 Å². The zero-order valence-electron chi connectivity index (χ0n) is 39.7. The zero-order valence-corrected chi connectivity index (χ0v) is 39.7. The highest BCUT2D eigenvalue weighted by Gasteiger charge is 2.50. The number of hydrogen-bond acceptors (Lipinski definition) is 8. The summed E-state index contributed by atoms with van der Waals surface area (Å²) in [6.07, 6.45) is 27.5. The molecule has 0 spiro atoms. The van der Waals surface area contributed by atoms with Crippen LogP contribution in [0.5, 0.6) is 0 Å². The van der Waals surface area contributed by atoms with Gasteiger partial charge in [-0.1, -0.05) is 143 Å². The zero-order chi connectivity index (χ0) is 42.5. The largest absolute Gasteiger partial charge is 0.457 e. The predicted molar refractivity (Wildman–Crippen MR) is 240 cm³/mol. The molecule has 1 saturated heterocycles. The Hall–Kier alpha value is -1.22. The second-order valence-electron chi connectivity index (χ2n) is 19.6. The van der Waals surface area contributed by atoms with Gasteiger partial charge in [-0.3, -0.25) is 9.59 Å². The third-order valence-corrected chi connectivity index (χ3v) is 11.8. The lowest BCUT2D eigenvalue weighted by Gasteiger charge is -2.45. The molecule has 0 aliphatic carbocycles. The molecule has 0 aromatic rings. The van der Waals surface area contributed by atoms with Gasteiger partial charge in [0.25, 0.3) is 0 Å². The van der Waals surface area contributed by atoms with Gasteiger partial charge in [0.2, 0.25) is 0 Å². The summed E-state index contributed by atoms with van der Waals surface area (Å²) in [5.74, 6) is -0.827. The number of rotatable bonds is 34. The third-order valence-electron chi connectivity index (χ3n) is 11.8. The van der Waals surface area contributed by atoms with Crippen molar-refractivity contribution in [2.75, 3.05) is 46.4 Å². The molecule has 1 aliphatic heterocycles. The molecule has 0 aromatic heterocycles. The lowest BCUT2D eigenvalue weighted by molar-refractivity contribution is -0.293. The third kappa shape index (κ3) is 25.2. The van der Waals surface area contributed by atoms with Gasteiger partial charge < -0.3 is 28.7 Å². The van der Waals surface area contributed by atoms with Gasteiger partial charge in [-0.05, 0) is 107 Å². The fourth-order valence-electron chi connectivity index (χ4n) is 7.73. The van der Waals surface area contributed by atoms with Gasteiger partial charge in [0.15, 0.2) is 12.4 Å². The van der Waals surface area contributed by atoms with Crippen LogP contribution in [0, 0.1) is 16.7 Å². The van der Waals surface area contributed by atoms with Crippen molar-refractivity contribution in [3.8, 4) is 0 Å². The first kappa shape index (κ1) is 53.8. The molecule has 0 amide bonds. The Morgan fingerprint density at radius 3 is 1.37 bits per heavy atom. The van der Waals surface area contributed by atoms with Gasteiger partial charge in [-0.2, -0.15) is 0 Å². The number of nitrogens with zero attached hydrogens (tertiary/aromatic N) is 2. The molecule has 1 fully saturated rings. The van der Waals surface area contributed by atoms with E-state index < -0.39 is 29.3 Å². The Balaban J connectivity index is 2.76. The van der Waals surface area contributed by atoms with E-state index in [4.69, 9.17) is 18.9 Å². The van der Waals surface area contributed by atoms with Gasteiger partial charge in [0.1, 0.15) is 6.10 Å². The molecule has 1 heterocycles. The van der Waals surface area contributed by atoms with E-state index in [1.54, 1.807) is 0 Å². The van der Waals surface area contributed by atoms with Crippen LogP contribution < -0.4 is 0 Å². The van der Waals surface area contributed by atoms with Crippen LogP contribution in [0.25, 0.3) is 0 Å². The lowest BCUT2D eigenvalue weighted by atomic mass is 9.88. The van der Waals surface area contributed by atoms with E-state index in [0.717, 1.165) is 39.0 Å². The Labute approximate surface area is 354 Å².